The zero-order valence-electron chi connectivity index (χ0n) is 43.5. The van der Waals surface area contributed by atoms with Crippen LogP contribution in [0, 0.1) is 0 Å². The molecule has 1 aliphatic rings. The fourth-order valence-electron chi connectivity index (χ4n) is 12.2. The van der Waals surface area contributed by atoms with Gasteiger partial charge in [0.05, 0.1) is 16.8 Å². The minimum absolute atomic E-state index is 0.0279. The maximum absolute atomic E-state index is 2.57. The SMILES string of the molecule is CC(C)(C)c1cc(-c2cccc3cccc(-c4ccccc4N(c4ccc5c(c4)C(c4ccccc4)(c4ccccc4)c4ccccc4-5)c4ccccc4-c4cccc5c4sc4ccccc45)c23)cc(C(C)(C)C)c1. The molecule has 0 amide bonds. The van der Waals surface area contributed by atoms with Crippen molar-refractivity contribution < 1.29 is 0 Å². The van der Waals surface area contributed by atoms with Crippen molar-refractivity contribution in [3.63, 3.8) is 0 Å². The first kappa shape index (κ1) is 46.5. The second-order valence-electron chi connectivity index (χ2n) is 22.4. The average molecular weight is 982 g/mol. The summed E-state index contributed by atoms with van der Waals surface area (Å²) >= 11 is 1.89. The van der Waals surface area contributed by atoms with E-state index in [-0.39, 0.29) is 10.8 Å². The zero-order valence-corrected chi connectivity index (χ0v) is 44.3. The van der Waals surface area contributed by atoms with E-state index >= 15 is 0 Å². The number of rotatable bonds is 8. The number of anilines is 3. The molecule has 0 saturated carbocycles. The van der Waals surface area contributed by atoms with E-state index in [0.29, 0.717) is 0 Å². The Kier molecular flexibility index (Phi) is 11.1. The van der Waals surface area contributed by atoms with Gasteiger partial charge in [0.15, 0.2) is 0 Å². The maximum Gasteiger partial charge on any atom is 0.0714 e. The summed E-state index contributed by atoms with van der Waals surface area (Å²) in [5.74, 6) is 0. The van der Waals surface area contributed by atoms with Crippen LogP contribution in [0.2, 0.25) is 0 Å². The summed E-state index contributed by atoms with van der Waals surface area (Å²) in [6, 6.07) is 93.6. The molecular formula is C73H59NS. The predicted molar refractivity (Wildman–Crippen MR) is 323 cm³/mol. The van der Waals surface area contributed by atoms with Gasteiger partial charge in [-0.1, -0.05) is 260 Å². The van der Waals surface area contributed by atoms with Crippen LogP contribution in [-0.2, 0) is 16.2 Å². The molecule has 0 atom stereocenters. The molecule has 0 unspecified atom stereocenters. The van der Waals surface area contributed by atoms with Gasteiger partial charge in [0.2, 0.25) is 0 Å². The van der Waals surface area contributed by atoms with E-state index in [0.717, 1.165) is 22.6 Å². The van der Waals surface area contributed by atoms with Gasteiger partial charge >= 0.3 is 0 Å². The maximum atomic E-state index is 2.57. The van der Waals surface area contributed by atoms with E-state index in [2.05, 4.69) is 295 Å². The lowest BCUT2D eigenvalue weighted by atomic mass is 9.67. The molecule has 11 aromatic carbocycles. The van der Waals surface area contributed by atoms with E-state index < -0.39 is 5.41 Å². The highest BCUT2D eigenvalue weighted by Crippen LogP contribution is 2.58. The molecule has 0 bridgehead atoms. The molecule has 1 aliphatic carbocycles. The van der Waals surface area contributed by atoms with Gasteiger partial charge in [-0.05, 0) is 113 Å². The largest absolute Gasteiger partial charge is 0.309 e. The second-order valence-corrected chi connectivity index (χ2v) is 23.5. The molecule has 75 heavy (non-hydrogen) atoms. The van der Waals surface area contributed by atoms with Gasteiger partial charge in [-0.2, -0.15) is 0 Å². The summed E-state index contributed by atoms with van der Waals surface area (Å²) in [6.45, 7) is 14.0. The van der Waals surface area contributed by atoms with Crippen molar-refractivity contribution in [3.8, 4) is 44.5 Å². The first-order valence-electron chi connectivity index (χ1n) is 26.4. The van der Waals surface area contributed by atoms with Gasteiger partial charge in [0, 0.05) is 42.6 Å². The summed E-state index contributed by atoms with van der Waals surface area (Å²) in [5, 5.41) is 5.05. The van der Waals surface area contributed by atoms with Gasteiger partial charge in [0.1, 0.15) is 0 Å². The molecule has 0 fully saturated rings. The number of para-hydroxylation sites is 2. The van der Waals surface area contributed by atoms with Crippen molar-refractivity contribution in [1.29, 1.82) is 0 Å². The van der Waals surface area contributed by atoms with Crippen LogP contribution in [0.4, 0.5) is 17.1 Å². The molecular weight excluding hydrogens is 923 g/mol. The molecule has 1 nitrogen and oxygen atoms in total. The Morgan fingerprint density at radius 1 is 0.360 bits per heavy atom. The Morgan fingerprint density at radius 2 is 0.853 bits per heavy atom. The third-order valence-electron chi connectivity index (χ3n) is 15.9. The number of hydrogen-bond acceptors (Lipinski definition) is 2. The average Bonchev–Trinajstić information content (AvgIpc) is 4.15. The highest BCUT2D eigenvalue weighted by molar-refractivity contribution is 7.26. The molecule has 0 N–H and O–H groups in total. The number of thiophene rings is 1. The minimum Gasteiger partial charge on any atom is -0.309 e. The van der Waals surface area contributed by atoms with E-state index in [9.17, 15) is 0 Å². The van der Waals surface area contributed by atoms with E-state index in [1.165, 1.54) is 103 Å². The van der Waals surface area contributed by atoms with Crippen LogP contribution in [0.25, 0.3) is 75.5 Å². The molecule has 0 spiro atoms. The third kappa shape index (κ3) is 7.65. The molecule has 13 rings (SSSR count). The number of nitrogens with zero attached hydrogens (tertiary/aromatic N) is 1. The molecule has 2 heteroatoms. The topological polar surface area (TPSA) is 3.24 Å². The van der Waals surface area contributed by atoms with Crippen LogP contribution in [0.1, 0.15) is 74.9 Å². The van der Waals surface area contributed by atoms with Crippen molar-refractivity contribution in [2.45, 2.75) is 57.8 Å². The molecule has 362 valence electrons. The van der Waals surface area contributed by atoms with Gasteiger partial charge in [0.25, 0.3) is 0 Å². The summed E-state index contributed by atoms with van der Waals surface area (Å²) in [4.78, 5) is 2.57. The quantitative estimate of drug-likeness (QED) is 0.147. The Balaban J connectivity index is 1.11. The van der Waals surface area contributed by atoms with Crippen molar-refractivity contribution in [2.75, 3.05) is 4.90 Å². The van der Waals surface area contributed by atoms with Gasteiger partial charge in [-0.3, -0.25) is 0 Å². The molecule has 0 saturated heterocycles. The van der Waals surface area contributed by atoms with Crippen molar-refractivity contribution >= 4 is 59.3 Å². The highest BCUT2D eigenvalue weighted by Gasteiger charge is 2.46. The van der Waals surface area contributed by atoms with Gasteiger partial charge in [-0.25, -0.2) is 0 Å². The zero-order chi connectivity index (χ0) is 51.1. The Morgan fingerprint density at radius 3 is 1.51 bits per heavy atom. The van der Waals surface area contributed by atoms with Crippen LogP contribution in [0.15, 0.2) is 249 Å². The van der Waals surface area contributed by atoms with Crippen LogP contribution in [0.5, 0.6) is 0 Å². The van der Waals surface area contributed by atoms with Crippen molar-refractivity contribution in [1.82, 2.24) is 0 Å². The Labute approximate surface area is 446 Å². The molecule has 0 radical (unpaired) electrons. The third-order valence-corrected chi connectivity index (χ3v) is 17.1. The fourth-order valence-corrected chi connectivity index (χ4v) is 13.4. The van der Waals surface area contributed by atoms with Crippen molar-refractivity contribution in [2.24, 2.45) is 0 Å². The smallest absolute Gasteiger partial charge is 0.0714 e. The molecule has 1 aromatic heterocycles. The van der Waals surface area contributed by atoms with Crippen molar-refractivity contribution in [3.05, 3.63) is 282 Å². The summed E-state index contributed by atoms with van der Waals surface area (Å²) in [6.07, 6.45) is 0. The van der Waals surface area contributed by atoms with E-state index in [1.54, 1.807) is 0 Å². The molecule has 0 aliphatic heterocycles. The predicted octanol–water partition coefficient (Wildman–Crippen LogP) is 20.6. The first-order chi connectivity index (χ1) is 36.5. The van der Waals surface area contributed by atoms with E-state index in [1.807, 2.05) is 11.3 Å². The lowest BCUT2D eigenvalue weighted by Crippen LogP contribution is -2.28. The Hall–Kier alpha value is -8.30. The minimum atomic E-state index is -0.574. The number of benzene rings is 11. The highest BCUT2D eigenvalue weighted by atomic mass is 32.1. The molecule has 12 aromatic rings. The fraction of sp³-hybridized carbons (Fsp3) is 0.123. The van der Waals surface area contributed by atoms with Crippen LogP contribution >= 0.6 is 11.3 Å². The normalized spacial score (nSPS) is 13.0. The van der Waals surface area contributed by atoms with Crippen LogP contribution in [0.3, 0.4) is 0 Å². The van der Waals surface area contributed by atoms with Crippen LogP contribution in [-0.4, -0.2) is 0 Å². The number of fused-ring (bicyclic) bond motifs is 7. The van der Waals surface area contributed by atoms with Crippen LogP contribution < -0.4 is 4.90 Å². The summed E-state index contributed by atoms with van der Waals surface area (Å²) < 4.78 is 2.59. The molecule has 1 heterocycles. The van der Waals surface area contributed by atoms with E-state index in [4.69, 9.17) is 0 Å². The van der Waals surface area contributed by atoms with Gasteiger partial charge in [-0.15, -0.1) is 11.3 Å². The standard InChI is InChI=1S/C73H59NS/c1-71(2,3)52-44-49(45-53(46-52)72(4,5)6)55-34-21-24-48-25-22-35-61(69(48)55)58-31-14-18-39-66(58)74(67-40-19-15-32-59(67)62-36-23-37-63-60-33-16-20-41-68(60)75-70(62)63)54-42-43-57-56-30-13-17-38-64(56)73(65(57)47-54,50-26-9-7-10-27-50)51-28-11-8-12-29-51/h7-47H,1-6H3. The monoisotopic (exact) mass is 981 g/mol. The lowest BCUT2D eigenvalue weighted by molar-refractivity contribution is 0.569. The number of hydrogen-bond donors (Lipinski definition) is 0. The summed E-state index contributed by atoms with van der Waals surface area (Å²) in [7, 11) is 0. The second kappa shape index (κ2) is 18.0. The van der Waals surface area contributed by atoms with Gasteiger partial charge < -0.3 is 4.90 Å². The summed E-state index contributed by atoms with van der Waals surface area (Å²) in [5.41, 5.74) is 20.2. The first-order valence-corrected chi connectivity index (χ1v) is 27.2. The lowest BCUT2D eigenvalue weighted by Gasteiger charge is -2.35. The Bertz CT molecular complexity index is 4070.